The van der Waals surface area contributed by atoms with E-state index in [9.17, 15) is 4.79 Å². The number of aromatic nitrogens is 1. The van der Waals surface area contributed by atoms with Crippen LogP contribution in [0.5, 0.6) is 0 Å². The Labute approximate surface area is 122 Å². The van der Waals surface area contributed by atoms with Crippen LogP contribution in [-0.2, 0) is 4.79 Å². The van der Waals surface area contributed by atoms with Gasteiger partial charge in [0.1, 0.15) is 0 Å². The molecule has 1 saturated heterocycles. The van der Waals surface area contributed by atoms with Crippen molar-refractivity contribution in [2.24, 2.45) is 0 Å². The molecule has 3 N–H and O–H groups in total. The second kappa shape index (κ2) is 5.86. The van der Waals surface area contributed by atoms with Gasteiger partial charge in [-0.1, -0.05) is 0 Å². The predicted octanol–water partition coefficient (Wildman–Crippen LogP) is 2.50. The summed E-state index contributed by atoms with van der Waals surface area (Å²) in [5.74, 6) is 1.75. The van der Waals surface area contributed by atoms with Gasteiger partial charge in [-0.25, -0.2) is 0 Å². The minimum Gasteiger partial charge on any atom is -0.359 e. The van der Waals surface area contributed by atoms with Crippen LogP contribution < -0.4 is 10.6 Å². The van der Waals surface area contributed by atoms with E-state index in [-0.39, 0.29) is 24.4 Å². The first-order valence-corrected chi connectivity index (χ1v) is 7.09. The number of hydrogen-bond acceptors (Lipinski definition) is 3. The lowest BCUT2D eigenvalue weighted by molar-refractivity contribution is -0.117. The molecule has 1 aromatic heterocycles. The first-order chi connectivity index (χ1) is 8.72. The van der Waals surface area contributed by atoms with Crippen molar-refractivity contribution in [1.29, 1.82) is 0 Å². The van der Waals surface area contributed by atoms with Crippen LogP contribution in [0.15, 0.2) is 24.3 Å². The van der Waals surface area contributed by atoms with E-state index in [4.69, 9.17) is 0 Å². The predicted molar refractivity (Wildman–Crippen MR) is 83.2 cm³/mol. The van der Waals surface area contributed by atoms with Crippen molar-refractivity contribution in [3.8, 4) is 0 Å². The molecular formula is C13H16ClN3OS. The first-order valence-electron chi connectivity index (χ1n) is 5.94. The lowest BCUT2D eigenvalue weighted by Gasteiger charge is -2.10. The van der Waals surface area contributed by atoms with E-state index < -0.39 is 0 Å². The van der Waals surface area contributed by atoms with Crippen molar-refractivity contribution in [3.05, 3.63) is 30.0 Å². The van der Waals surface area contributed by atoms with E-state index >= 15 is 0 Å². The van der Waals surface area contributed by atoms with Gasteiger partial charge in [0.05, 0.1) is 6.04 Å². The van der Waals surface area contributed by atoms with Gasteiger partial charge in [-0.15, -0.1) is 24.2 Å². The van der Waals surface area contributed by atoms with Gasteiger partial charge in [0.15, 0.2) is 0 Å². The zero-order valence-electron chi connectivity index (χ0n) is 10.5. The van der Waals surface area contributed by atoms with E-state index in [1.807, 2.05) is 25.1 Å². The number of aromatic amines is 1. The van der Waals surface area contributed by atoms with Gasteiger partial charge in [-0.05, 0) is 31.2 Å². The Morgan fingerprint density at radius 2 is 2.26 bits per heavy atom. The number of nitrogens with one attached hydrogen (secondary N) is 3. The molecule has 0 bridgehead atoms. The Morgan fingerprint density at radius 3 is 3.00 bits per heavy atom. The summed E-state index contributed by atoms with van der Waals surface area (Å²) in [6, 6.07) is 7.93. The smallest absolute Gasteiger partial charge is 0.242 e. The number of hydrogen-bond donors (Lipinski definition) is 3. The molecule has 3 rings (SSSR count). The monoisotopic (exact) mass is 297 g/mol. The summed E-state index contributed by atoms with van der Waals surface area (Å²) in [4.78, 5) is 15.2. The topological polar surface area (TPSA) is 56.9 Å². The zero-order chi connectivity index (χ0) is 12.5. The molecular weight excluding hydrogens is 282 g/mol. The number of aryl methyl sites for hydroxylation is 1. The summed E-state index contributed by atoms with van der Waals surface area (Å²) in [7, 11) is 0. The second-order valence-electron chi connectivity index (χ2n) is 4.52. The molecule has 102 valence electrons. The third-order valence-corrected chi connectivity index (χ3v) is 4.00. The molecule has 2 aromatic rings. The Hall–Kier alpha value is -1.17. The quantitative estimate of drug-likeness (QED) is 0.798. The van der Waals surface area contributed by atoms with E-state index in [1.54, 1.807) is 11.8 Å². The Kier molecular flexibility index (Phi) is 4.39. The highest BCUT2D eigenvalue weighted by atomic mass is 35.5. The maximum atomic E-state index is 12.0. The minimum absolute atomic E-state index is 0. The van der Waals surface area contributed by atoms with Crippen LogP contribution in [0.4, 0.5) is 5.69 Å². The number of thioether (sulfide) groups is 1. The van der Waals surface area contributed by atoms with E-state index in [2.05, 4.69) is 21.7 Å². The third-order valence-electron chi connectivity index (χ3n) is 3.06. The van der Waals surface area contributed by atoms with Crippen LogP contribution in [0.25, 0.3) is 10.9 Å². The number of rotatable bonds is 2. The van der Waals surface area contributed by atoms with E-state index in [0.29, 0.717) is 0 Å². The van der Waals surface area contributed by atoms with Crippen molar-refractivity contribution in [1.82, 2.24) is 10.3 Å². The number of carbonyl (C=O) groups excluding carboxylic acids is 1. The number of halogens is 1. The molecule has 19 heavy (non-hydrogen) atoms. The molecule has 1 amide bonds. The Balaban J connectivity index is 0.00000133. The van der Waals surface area contributed by atoms with Gasteiger partial charge in [0, 0.05) is 33.9 Å². The lowest BCUT2D eigenvalue weighted by Crippen LogP contribution is -2.37. The van der Waals surface area contributed by atoms with E-state index in [1.165, 1.54) is 0 Å². The van der Waals surface area contributed by atoms with Crippen LogP contribution >= 0.6 is 24.2 Å². The molecule has 1 fully saturated rings. The summed E-state index contributed by atoms with van der Waals surface area (Å²) in [6.07, 6.45) is 0. The molecule has 1 unspecified atom stereocenters. The summed E-state index contributed by atoms with van der Waals surface area (Å²) in [5, 5.41) is 7.24. The Morgan fingerprint density at radius 1 is 1.42 bits per heavy atom. The average molecular weight is 298 g/mol. The van der Waals surface area contributed by atoms with Crippen molar-refractivity contribution in [2.45, 2.75) is 13.0 Å². The van der Waals surface area contributed by atoms with Crippen LogP contribution in [0.3, 0.4) is 0 Å². The SMILES string of the molecule is Cc1cc2cc(NC(=O)C3CSCN3)ccc2[nH]1.Cl. The summed E-state index contributed by atoms with van der Waals surface area (Å²) >= 11 is 1.75. The Bertz CT molecular complexity index is 593. The largest absolute Gasteiger partial charge is 0.359 e. The van der Waals surface area contributed by atoms with E-state index in [0.717, 1.165) is 33.9 Å². The van der Waals surface area contributed by atoms with Gasteiger partial charge in [0.2, 0.25) is 5.91 Å². The van der Waals surface area contributed by atoms with Crippen molar-refractivity contribution in [3.63, 3.8) is 0 Å². The summed E-state index contributed by atoms with van der Waals surface area (Å²) < 4.78 is 0. The number of benzene rings is 1. The highest BCUT2D eigenvalue weighted by Gasteiger charge is 2.22. The molecule has 0 radical (unpaired) electrons. The van der Waals surface area contributed by atoms with Crippen LogP contribution in [0, 0.1) is 6.92 Å². The molecule has 6 heteroatoms. The van der Waals surface area contributed by atoms with Crippen molar-refractivity contribution in [2.75, 3.05) is 16.9 Å². The molecule has 2 heterocycles. The lowest BCUT2D eigenvalue weighted by atomic mass is 10.2. The highest BCUT2D eigenvalue weighted by Crippen LogP contribution is 2.20. The number of amides is 1. The maximum Gasteiger partial charge on any atom is 0.242 e. The molecule has 1 aliphatic heterocycles. The minimum atomic E-state index is -0.0707. The number of H-pyrrole nitrogens is 1. The van der Waals surface area contributed by atoms with Crippen LogP contribution in [0.1, 0.15) is 5.69 Å². The standard InChI is InChI=1S/C13H15N3OS.ClH/c1-8-4-9-5-10(2-3-11(9)15-8)16-13(17)12-6-18-7-14-12;/h2-5,12,14-15H,6-7H2,1H3,(H,16,17);1H. The molecule has 0 aliphatic carbocycles. The molecule has 1 aromatic carbocycles. The molecule has 1 aliphatic rings. The van der Waals surface area contributed by atoms with Gasteiger partial charge < -0.3 is 10.3 Å². The molecule has 4 nitrogen and oxygen atoms in total. The van der Waals surface area contributed by atoms with Crippen molar-refractivity contribution >= 4 is 46.7 Å². The zero-order valence-corrected chi connectivity index (χ0v) is 12.2. The highest BCUT2D eigenvalue weighted by molar-refractivity contribution is 7.99. The number of carbonyl (C=O) groups is 1. The molecule has 0 saturated carbocycles. The van der Waals surface area contributed by atoms with Crippen molar-refractivity contribution < 1.29 is 4.79 Å². The second-order valence-corrected chi connectivity index (χ2v) is 5.55. The summed E-state index contributed by atoms with van der Waals surface area (Å²) in [6.45, 7) is 2.03. The fourth-order valence-electron chi connectivity index (χ4n) is 2.15. The van der Waals surface area contributed by atoms with Gasteiger partial charge >= 0.3 is 0 Å². The maximum absolute atomic E-state index is 12.0. The number of anilines is 1. The fraction of sp³-hybridized carbons (Fsp3) is 0.308. The third kappa shape index (κ3) is 3.05. The van der Waals surface area contributed by atoms with Crippen LogP contribution in [0.2, 0.25) is 0 Å². The number of fused-ring (bicyclic) bond motifs is 1. The van der Waals surface area contributed by atoms with Gasteiger partial charge in [-0.3, -0.25) is 10.1 Å². The first kappa shape index (κ1) is 14.2. The average Bonchev–Trinajstić information content (AvgIpc) is 2.95. The van der Waals surface area contributed by atoms with Crippen LogP contribution in [-0.4, -0.2) is 28.6 Å². The fourth-order valence-corrected chi connectivity index (χ4v) is 3.09. The summed E-state index contributed by atoms with van der Waals surface area (Å²) in [5.41, 5.74) is 3.08. The van der Waals surface area contributed by atoms with Gasteiger partial charge in [-0.2, -0.15) is 0 Å². The molecule has 1 atom stereocenters. The van der Waals surface area contributed by atoms with Gasteiger partial charge in [0.25, 0.3) is 0 Å². The molecule has 0 spiro atoms. The normalized spacial score (nSPS) is 18.3.